The Balaban J connectivity index is 1.49. The lowest BCUT2D eigenvalue weighted by Gasteiger charge is -2.26. The molecule has 150 valence electrons. The van der Waals surface area contributed by atoms with E-state index in [9.17, 15) is 19.8 Å². The summed E-state index contributed by atoms with van der Waals surface area (Å²) in [4.78, 5) is 27.0. The highest BCUT2D eigenvalue weighted by Gasteiger charge is 2.17. The summed E-state index contributed by atoms with van der Waals surface area (Å²) in [6.07, 6.45) is 0. The predicted molar refractivity (Wildman–Crippen MR) is 106 cm³/mol. The molecule has 2 aromatic carbocycles. The number of phenolic OH excluding ortho intramolecular Hbond substituents is 2. The number of carbonyl (C=O) groups is 1. The van der Waals surface area contributed by atoms with Gasteiger partial charge in [-0.2, -0.15) is 0 Å². The number of amides is 1. The molecule has 0 radical (unpaired) electrons. The van der Waals surface area contributed by atoms with Crippen molar-refractivity contribution < 1.29 is 24.2 Å². The fraction of sp³-hybridized carbons (Fsp3) is 0.238. The smallest absolute Gasteiger partial charge is 0.291 e. The van der Waals surface area contributed by atoms with Gasteiger partial charge in [-0.25, -0.2) is 0 Å². The minimum Gasteiger partial charge on any atom is -0.504 e. The van der Waals surface area contributed by atoms with Gasteiger partial charge in [0.15, 0.2) is 22.7 Å². The highest BCUT2D eigenvalue weighted by molar-refractivity contribution is 6.03. The van der Waals surface area contributed by atoms with E-state index in [0.29, 0.717) is 5.69 Å². The first kappa shape index (κ1) is 19.0. The predicted octanol–water partition coefficient (Wildman–Crippen LogP) is 2.29. The highest BCUT2D eigenvalue weighted by Crippen LogP contribution is 2.31. The van der Waals surface area contributed by atoms with Gasteiger partial charge in [0.05, 0.1) is 13.2 Å². The molecule has 1 saturated heterocycles. The molecule has 0 bridgehead atoms. The molecule has 4 rings (SSSR count). The Labute approximate surface area is 165 Å². The van der Waals surface area contributed by atoms with Crippen LogP contribution in [0.2, 0.25) is 0 Å². The average Bonchev–Trinajstić information content (AvgIpc) is 2.72. The van der Waals surface area contributed by atoms with E-state index in [1.165, 1.54) is 12.1 Å². The molecule has 0 spiro atoms. The van der Waals surface area contributed by atoms with Gasteiger partial charge in [-0.05, 0) is 29.8 Å². The molecule has 8 heteroatoms. The number of carbonyl (C=O) groups excluding carboxylic acids is 1. The molecular weight excluding hydrogens is 376 g/mol. The van der Waals surface area contributed by atoms with Gasteiger partial charge < -0.3 is 24.7 Å². The number of nitrogens with zero attached hydrogens (tertiary/aromatic N) is 1. The third-order valence-electron chi connectivity index (χ3n) is 4.79. The van der Waals surface area contributed by atoms with Gasteiger partial charge in [-0.15, -0.1) is 0 Å². The van der Waals surface area contributed by atoms with Crippen LogP contribution in [0.25, 0.3) is 11.0 Å². The number of nitrogens with one attached hydrogen (secondary N) is 1. The van der Waals surface area contributed by atoms with Crippen LogP contribution in [0.1, 0.15) is 16.1 Å². The van der Waals surface area contributed by atoms with Crippen molar-refractivity contribution >= 4 is 22.6 Å². The third kappa shape index (κ3) is 4.08. The SMILES string of the molecule is O=C(Nc1ccc(CN2CCOCC2)cc1)c1cc(=O)c2c(O)c(O)ccc2o1. The van der Waals surface area contributed by atoms with Gasteiger partial charge in [-0.1, -0.05) is 12.1 Å². The van der Waals surface area contributed by atoms with Crippen molar-refractivity contribution in [1.82, 2.24) is 4.90 Å². The molecule has 3 N–H and O–H groups in total. The van der Waals surface area contributed by atoms with Gasteiger partial charge in [-0.3, -0.25) is 14.5 Å². The first-order valence-electron chi connectivity index (χ1n) is 9.20. The zero-order valence-corrected chi connectivity index (χ0v) is 15.6. The topological polar surface area (TPSA) is 112 Å². The van der Waals surface area contributed by atoms with Crippen LogP contribution in [0.4, 0.5) is 5.69 Å². The summed E-state index contributed by atoms with van der Waals surface area (Å²) < 4.78 is 10.8. The largest absolute Gasteiger partial charge is 0.504 e. The number of morpholine rings is 1. The van der Waals surface area contributed by atoms with E-state index in [2.05, 4.69) is 10.2 Å². The lowest BCUT2D eigenvalue weighted by molar-refractivity contribution is 0.0342. The van der Waals surface area contributed by atoms with Gasteiger partial charge in [0.25, 0.3) is 5.91 Å². The van der Waals surface area contributed by atoms with Crippen LogP contribution in [0, 0.1) is 0 Å². The molecule has 1 aromatic heterocycles. The number of phenols is 2. The lowest BCUT2D eigenvalue weighted by atomic mass is 10.1. The number of fused-ring (bicyclic) bond motifs is 1. The van der Waals surface area contributed by atoms with Crippen molar-refractivity contribution in [2.24, 2.45) is 0 Å². The number of aromatic hydroxyl groups is 2. The van der Waals surface area contributed by atoms with Crippen molar-refractivity contribution in [2.75, 3.05) is 31.6 Å². The van der Waals surface area contributed by atoms with E-state index in [-0.39, 0.29) is 16.7 Å². The molecule has 0 aliphatic carbocycles. The van der Waals surface area contributed by atoms with Crippen molar-refractivity contribution in [2.45, 2.75) is 6.54 Å². The second-order valence-electron chi connectivity index (χ2n) is 6.82. The lowest BCUT2D eigenvalue weighted by Crippen LogP contribution is -2.35. The molecule has 8 nitrogen and oxygen atoms in total. The maximum Gasteiger partial charge on any atom is 0.291 e. The fourth-order valence-corrected chi connectivity index (χ4v) is 3.24. The Morgan fingerprint density at radius 1 is 1.07 bits per heavy atom. The van der Waals surface area contributed by atoms with E-state index >= 15 is 0 Å². The maximum atomic E-state index is 12.5. The molecule has 1 aliphatic rings. The van der Waals surface area contributed by atoms with E-state index < -0.39 is 22.8 Å². The summed E-state index contributed by atoms with van der Waals surface area (Å²) in [7, 11) is 0. The Morgan fingerprint density at radius 2 is 1.79 bits per heavy atom. The molecular formula is C21H20N2O6. The summed E-state index contributed by atoms with van der Waals surface area (Å²) in [5, 5.41) is 21.9. The first-order chi connectivity index (χ1) is 14.0. The highest BCUT2D eigenvalue weighted by atomic mass is 16.5. The van der Waals surface area contributed by atoms with E-state index in [1.807, 2.05) is 12.1 Å². The monoisotopic (exact) mass is 396 g/mol. The number of hydrogen-bond donors (Lipinski definition) is 3. The van der Waals surface area contributed by atoms with E-state index in [4.69, 9.17) is 9.15 Å². The third-order valence-corrected chi connectivity index (χ3v) is 4.79. The second kappa shape index (κ2) is 7.94. The standard InChI is InChI=1S/C21H20N2O6/c24-15-5-6-17-19(20(15)26)16(25)11-18(29-17)21(27)22-14-3-1-13(2-4-14)12-23-7-9-28-10-8-23/h1-6,11,24,26H,7-10,12H2,(H,22,27). The van der Waals surface area contributed by atoms with Gasteiger partial charge in [0.2, 0.25) is 0 Å². The normalized spacial score (nSPS) is 14.8. The summed E-state index contributed by atoms with van der Waals surface area (Å²) in [6.45, 7) is 4.08. The van der Waals surface area contributed by atoms with Crippen molar-refractivity contribution in [1.29, 1.82) is 0 Å². The molecule has 1 amide bonds. The molecule has 0 unspecified atom stereocenters. The van der Waals surface area contributed by atoms with Crippen LogP contribution in [0.3, 0.4) is 0 Å². The molecule has 29 heavy (non-hydrogen) atoms. The number of rotatable bonds is 4. The minimum atomic E-state index is -0.620. The molecule has 0 atom stereocenters. The summed E-state index contributed by atoms with van der Waals surface area (Å²) in [5.74, 6) is -1.78. The zero-order chi connectivity index (χ0) is 20.4. The number of ether oxygens (including phenoxy) is 1. The Bertz CT molecular complexity index is 1100. The van der Waals surface area contributed by atoms with Gasteiger partial charge in [0, 0.05) is 31.4 Å². The molecule has 3 aromatic rings. The minimum absolute atomic E-state index is 0.0128. The number of anilines is 1. The van der Waals surface area contributed by atoms with E-state index in [0.717, 1.165) is 44.5 Å². The Hall–Kier alpha value is -3.36. The van der Waals surface area contributed by atoms with Crippen LogP contribution < -0.4 is 10.7 Å². The summed E-state index contributed by atoms with van der Waals surface area (Å²) in [5.41, 5.74) is 1.08. The van der Waals surface area contributed by atoms with Crippen LogP contribution in [-0.2, 0) is 11.3 Å². The van der Waals surface area contributed by atoms with Crippen molar-refractivity contribution in [3.63, 3.8) is 0 Å². The van der Waals surface area contributed by atoms with Gasteiger partial charge in [0.1, 0.15) is 11.0 Å². The van der Waals surface area contributed by atoms with Crippen molar-refractivity contribution in [3.8, 4) is 11.5 Å². The fourth-order valence-electron chi connectivity index (χ4n) is 3.24. The van der Waals surface area contributed by atoms with Crippen molar-refractivity contribution in [3.05, 3.63) is 64.0 Å². The number of hydrogen-bond acceptors (Lipinski definition) is 7. The van der Waals surface area contributed by atoms with Crippen LogP contribution in [0.5, 0.6) is 11.5 Å². The second-order valence-corrected chi connectivity index (χ2v) is 6.82. The molecule has 0 saturated carbocycles. The maximum absolute atomic E-state index is 12.5. The Kier molecular flexibility index (Phi) is 5.20. The van der Waals surface area contributed by atoms with E-state index in [1.54, 1.807) is 12.1 Å². The molecule has 1 aliphatic heterocycles. The number of benzene rings is 2. The zero-order valence-electron chi connectivity index (χ0n) is 15.6. The summed E-state index contributed by atoms with van der Waals surface area (Å²) in [6, 6.07) is 10.9. The van der Waals surface area contributed by atoms with Crippen LogP contribution in [-0.4, -0.2) is 47.3 Å². The van der Waals surface area contributed by atoms with Crippen LogP contribution >= 0.6 is 0 Å². The first-order valence-corrected chi connectivity index (χ1v) is 9.20. The van der Waals surface area contributed by atoms with Gasteiger partial charge >= 0.3 is 0 Å². The molecule has 1 fully saturated rings. The average molecular weight is 396 g/mol. The summed E-state index contributed by atoms with van der Waals surface area (Å²) >= 11 is 0. The van der Waals surface area contributed by atoms with Crippen LogP contribution in [0.15, 0.2) is 51.7 Å². The Morgan fingerprint density at radius 3 is 2.52 bits per heavy atom. The molecule has 2 heterocycles. The quantitative estimate of drug-likeness (QED) is 0.580.